The summed E-state index contributed by atoms with van der Waals surface area (Å²) < 4.78 is 16.3. The number of amides is 1. The zero-order valence-corrected chi connectivity index (χ0v) is 21.6. The Kier molecular flexibility index (Phi) is 8.96. The van der Waals surface area contributed by atoms with E-state index in [-0.39, 0.29) is 17.9 Å². The van der Waals surface area contributed by atoms with Crippen molar-refractivity contribution in [3.05, 3.63) is 101 Å². The summed E-state index contributed by atoms with van der Waals surface area (Å²) in [7, 11) is 1.36. The van der Waals surface area contributed by atoms with Crippen LogP contribution in [-0.2, 0) is 26.1 Å². The molecule has 1 aliphatic heterocycles. The van der Waals surface area contributed by atoms with Crippen LogP contribution in [0.15, 0.2) is 78.9 Å². The summed E-state index contributed by atoms with van der Waals surface area (Å²) in [6.07, 6.45) is 3.15. The lowest BCUT2D eigenvalue weighted by atomic mass is 9.73. The van der Waals surface area contributed by atoms with E-state index in [4.69, 9.17) is 14.2 Å². The van der Waals surface area contributed by atoms with Gasteiger partial charge in [-0.1, -0.05) is 54.6 Å². The summed E-state index contributed by atoms with van der Waals surface area (Å²) in [5, 5.41) is 3.20. The SMILES string of the molecule is COC(=O)c1ccc([C@H](C)NC(=O)C2(c3ccc(OCCCc4ccccc4)cc3)CCOCC2)cc1. The van der Waals surface area contributed by atoms with Crippen LogP contribution in [0.25, 0.3) is 0 Å². The van der Waals surface area contributed by atoms with Crippen LogP contribution in [0, 0.1) is 0 Å². The Morgan fingerprint density at radius 1 is 0.946 bits per heavy atom. The number of aryl methyl sites for hydroxylation is 1. The van der Waals surface area contributed by atoms with Gasteiger partial charge in [0, 0.05) is 13.2 Å². The van der Waals surface area contributed by atoms with E-state index in [2.05, 4.69) is 29.6 Å². The van der Waals surface area contributed by atoms with Crippen LogP contribution in [0.2, 0.25) is 0 Å². The Morgan fingerprint density at radius 3 is 2.27 bits per heavy atom. The summed E-state index contributed by atoms with van der Waals surface area (Å²) in [5.74, 6) is 0.406. The van der Waals surface area contributed by atoms with Crippen LogP contribution < -0.4 is 10.1 Å². The number of rotatable bonds is 10. The van der Waals surface area contributed by atoms with Gasteiger partial charge in [0.15, 0.2) is 0 Å². The first-order valence-corrected chi connectivity index (χ1v) is 12.9. The van der Waals surface area contributed by atoms with Gasteiger partial charge in [0.1, 0.15) is 5.75 Å². The Balaban J connectivity index is 1.39. The number of methoxy groups -OCH3 is 1. The normalized spacial score (nSPS) is 15.4. The van der Waals surface area contributed by atoms with E-state index in [1.165, 1.54) is 12.7 Å². The van der Waals surface area contributed by atoms with Crippen LogP contribution in [0.5, 0.6) is 5.75 Å². The van der Waals surface area contributed by atoms with E-state index in [0.717, 1.165) is 29.7 Å². The van der Waals surface area contributed by atoms with Crippen molar-refractivity contribution < 1.29 is 23.8 Å². The van der Waals surface area contributed by atoms with Crippen molar-refractivity contribution in [3.63, 3.8) is 0 Å². The molecule has 0 saturated carbocycles. The van der Waals surface area contributed by atoms with E-state index >= 15 is 0 Å². The lowest BCUT2D eigenvalue weighted by Crippen LogP contribution is -2.48. The van der Waals surface area contributed by atoms with Crippen LogP contribution in [0.1, 0.15) is 59.3 Å². The average molecular weight is 502 g/mol. The number of ether oxygens (including phenoxy) is 3. The second-order valence-electron chi connectivity index (χ2n) is 9.47. The average Bonchev–Trinajstić information content (AvgIpc) is 2.96. The molecule has 0 bridgehead atoms. The van der Waals surface area contributed by atoms with Crippen molar-refractivity contribution in [2.24, 2.45) is 0 Å². The summed E-state index contributed by atoms with van der Waals surface area (Å²) in [5.41, 5.74) is 3.01. The van der Waals surface area contributed by atoms with Crippen LogP contribution in [0.3, 0.4) is 0 Å². The molecule has 0 radical (unpaired) electrons. The molecule has 0 spiro atoms. The largest absolute Gasteiger partial charge is 0.494 e. The van der Waals surface area contributed by atoms with Crippen LogP contribution in [0.4, 0.5) is 0 Å². The molecule has 6 heteroatoms. The topological polar surface area (TPSA) is 73.9 Å². The van der Waals surface area contributed by atoms with E-state index in [9.17, 15) is 9.59 Å². The molecule has 1 N–H and O–H groups in total. The van der Waals surface area contributed by atoms with E-state index in [0.29, 0.717) is 38.2 Å². The summed E-state index contributed by atoms with van der Waals surface area (Å²) in [6, 6.07) is 25.2. The van der Waals surface area contributed by atoms with E-state index in [1.54, 1.807) is 12.1 Å². The molecule has 1 saturated heterocycles. The lowest BCUT2D eigenvalue weighted by Gasteiger charge is -2.37. The second-order valence-corrected chi connectivity index (χ2v) is 9.47. The van der Waals surface area contributed by atoms with Gasteiger partial charge in [-0.25, -0.2) is 4.79 Å². The van der Waals surface area contributed by atoms with Crippen LogP contribution in [-0.4, -0.2) is 38.8 Å². The third kappa shape index (κ3) is 6.57. The molecule has 1 heterocycles. The van der Waals surface area contributed by atoms with Crippen molar-refractivity contribution >= 4 is 11.9 Å². The van der Waals surface area contributed by atoms with Gasteiger partial charge >= 0.3 is 5.97 Å². The van der Waals surface area contributed by atoms with Gasteiger partial charge in [0.05, 0.1) is 30.7 Å². The van der Waals surface area contributed by atoms with E-state index < -0.39 is 5.41 Å². The fourth-order valence-electron chi connectivity index (χ4n) is 4.79. The Labute approximate surface area is 218 Å². The van der Waals surface area contributed by atoms with Gasteiger partial charge in [0.25, 0.3) is 0 Å². The van der Waals surface area contributed by atoms with Crippen molar-refractivity contribution in [2.75, 3.05) is 26.9 Å². The van der Waals surface area contributed by atoms with Crippen molar-refractivity contribution in [3.8, 4) is 5.75 Å². The molecule has 6 nitrogen and oxygen atoms in total. The number of hydrogen-bond acceptors (Lipinski definition) is 5. The molecule has 0 aromatic heterocycles. The molecular formula is C31H35NO5. The standard InChI is InChI=1S/C31H35NO5/c1-23(25-10-12-26(13-11-25)29(33)35-2)32-30(34)31(18-21-36-22-19-31)27-14-16-28(17-15-27)37-20-6-9-24-7-4-3-5-8-24/h3-5,7-8,10-17,23H,6,9,18-22H2,1-2H3,(H,32,34)/t23-/m0/s1. The Bertz CT molecular complexity index is 1150. The second kappa shape index (κ2) is 12.5. The first kappa shape index (κ1) is 26.4. The molecule has 37 heavy (non-hydrogen) atoms. The first-order valence-electron chi connectivity index (χ1n) is 12.9. The molecule has 194 valence electrons. The fourth-order valence-corrected chi connectivity index (χ4v) is 4.79. The predicted molar refractivity (Wildman–Crippen MR) is 143 cm³/mol. The predicted octanol–water partition coefficient (Wildman–Crippen LogP) is 5.41. The van der Waals surface area contributed by atoms with Gasteiger partial charge < -0.3 is 19.5 Å². The van der Waals surface area contributed by atoms with Gasteiger partial charge in [-0.2, -0.15) is 0 Å². The minimum Gasteiger partial charge on any atom is -0.494 e. The molecule has 1 amide bonds. The highest BCUT2D eigenvalue weighted by molar-refractivity contribution is 5.90. The molecule has 1 aliphatic rings. The van der Waals surface area contributed by atoms with Crippen molar-refractivity contribution in [1.82, 2.24) is 5.32 Å². The minimum atomic E-state index is -0.662. The summed E-state index contributed by atoms with van der Waals surface area (Å²) >= 11 is 0. The number of carbonyl (C=O) groups is 2. The number of nitrogens with one attached hydrogen (secondary N) is 1. The smallest absolute Gasteiger partial charge is 0.337 e. The summed E-state index contributed by atoms with van der Waals surface area (Å²) in [6.45, 7) is 3.66. The molecule has 1 fully saturated rings. The van der Waals surface area contributed by atoms with Gasteiger partial charge in [-0.15, -0.1) is 0 Å². The molecule has 3 aromatic carbocycles. The minimum absolute atomic E-state index is 0.0168. The number of hydrogen-bond donors (Lipinski definition) is 1. The number of benzene rings is 3. The number of carbonyl (C=O) groups excluding carboxylic acids is 2. The molecule has 3 aromatic rings. The third-order valence-corrected chi connectivity index (χ3v) is 7.09. The highest BCUT2D eigenvalue weighted by Crippen LogP contribution is 2.36. The van der Waals surface area contributed by atoms with Gasteiger partial charge in [-0.3, -0.25) is 4.79 Å². The zero-order chi connectivity index (χ0) is 26.1. The zero-order valence-electron chi connectivity index (χ0n) is 21.6. The Morgan fingerprint density at radius 2 is 1.62 bits per heavy atom. The highest BCUT2D eigenvalue weighted by atomic mass is 16.5. The number of esters is 1. The van der Waals surface area contributed by atoms with Gasteiger partial charge in [-0.05, 0) is 73.6 Å². The lowest BCUT2D eigenvalue weighted by molar-refractivity contribution is -0.131. The van der Waals surface area contributed by atoms with E-state index in [1.807, 2.05) is 49.4 Å². The van der Waals surface area contributed by atoms with Gasteiger partial charge in [0.2, 0.25) is 5.91 Å². The fraction of sp³-hybridized carbons (Fsp3) is 0.355. The molecule has 1 atom stereocenters. The maximum Gasteiger partial charge on any atom is 0.337 e. The molecule has 0 aliphatic carbocycles. The Hall–Kier alpha value is -3.64. The summed E-state index contributed by atoms with van der Waals surface area (Å²) in [4.78, 5) is 25.4. The monoisotopic (exact) mass is 501 g/mol. The molecule has 0 unspecified atom stereocenters. The first-order chi connectivity index (χ1) is 18.0. The quantitative estimate of drug-likeness (QED) is 0.297. The molecule has 4 rings (SSSR count). The van der Waals surface area contributed by atoms with Crippen LogP contribution >= 0.6 is 0 Å². The van der Waals surface area contributed by atoms with Crippen molar-refractivity contribution in [2.45, 2.75) is 44.1 Å². The maximum atomic E-state index is 13.7. The highest BCUT2D eigenvalue weighted by Gasteiger charge is 2.42. The third-order valence-electron chi connectivity index (χ3n) is 7.09. The maximum absolute atomic E-state index is 13.7. The van der Waals surface area contributed by atoms with Crippen molar-refractivity contribution in [1.29, 1.82) is 0 Å². The molecular weight excluding hydrogens is 466 g/mol.